The molecule has 3 amide bonds. The van der Waals surface area contributed by atoms with Crippen molar-refractivity contribution in [3.63, 3.8) is 0 Å². The number of hydrogen-bond donors (Lipinski definition) is 9. The molecule has 0 fully saturated rings. The molecule has 0 aliphatic carbocycles. The second-order valence-electron chi connectivity index (χ2n) is 8.82. The molecule has 10 N–H and O–H groups in total. The van der Waals surface area contributed by atoms with Gasteiger partial charge in [-0.3, -0.25) is 28.8 Å². The van der Waals surface area contributed by atoms with Gasteiger partial charge in [0.1, 0.15) is 18.1 Å². The van der Waals surface area contributed by atoms with Crippen LogP contribution in [0.4, 0.5) is 0 Å². The van der Waals surface area contributed by atoms with Crippen LogP contribution < -0.4 is 21.7 Å². The number of H-pyrrole nitrogens is 1. The summed E-state index contributed by atoms with van der Waals surface area (Å²) >= 11 is 0. The van der Waals surface area contributed by atoms with Gasteiger partial charge in [-0.05, 0) is 18.1 Å². The highest BCUT2D eigenvalue weighted by atomic mass is 16.4. The fraction of sp³-hybridized carbons (Fsp3) is 0.375. The SMILES string of the molecule is NC(CC(=O)O)C(=O)NC(CC(=O)O)C(=O)NC(CCC(=O)O)C(=O)NC(Cc1c[nH]c2ccccc12)C(=O)O. The van der Waals surface area contributed by atoms with Crippen molar-refractivity contribution in [3.05, 3.63) is 36.0 Å². The van der Waals surface area contributed by atoms with Crippen LogP contribution >= 0.6 is 0 Å². The van der Waals surface area contributed by atoms with E-state index >= 15 is 0 Å². The van der Waals surface area contributed by atoms with Crippen molar-refractivity contribution in [1.82, 2.24) is 20.9 Å². The number of nitrogens with one attached hydrogen (secondary N) is 4. The van der Waals surface area contributed by atoms with Crippen molar-refractivity contribution in [2.75, 3.05) is 0 Å². The minimum absolute atomic E-state index is 0.163. The van der Waals surface area contributed by atoms with Gasteiger partial charge in [0.05, 0.1) is 18.9 Å². The molecule has 16 heteroatoms. The first-order valence-corrected chi connectivity index (χ1v) is 11.9. The van der Waals surface area contributed by atoms with E-state index in [2.05, 4.69) is 15.6 Å². The molecule has 0 bridgehead atoms. The van der Waals surface area contributed by atoms with Gasteiger partial charge in [0.25, 0.3) is 0 Å². The maximum absolute atomic E-state index is 13.0. The predicted molar refractivity (Wildman–Crippen MR) is 135 cm³/mol. The third-order valence-corrected chi connectivity index (χ3v) is 5.74. The molecule has 4 atom stereocenters. The number of amides is 3. The summed E-state index contributed by atoms with van der Waals surface area (Å²) in [6, 6.07) is 0.484. The number of carbonyl (C=O) groups excluding carboxylic acids is 3. The number of carboxylic acids is 4. The summed E-state index contributed by atoms with van der Waals surface area (Å²) in [5.41, 5.74) is 6.74. The number of hydrogen-bond acceptors (Lipinski definition) is 8. The highest BCUT2D eigenvalue weighted by Gasteiger charge is 2.32. The topological polar surface area (TPSA) is 278 Å². The molecule has 0 saturated heterocycles. The van der Waals surface area contributed by atoms with Crippen LogP contribution in [0, 0.1) is 0 Å². The standard InChI is InChI=1S/C24H29N5O11/c25-13(8-19(32)33)21(36)28-16(9-20(34)35)23(38)27-15(5-6-18(30)31)22(37)29-17(24(39)40)7-11-10-26-14-4-2-1-3-12(11)14/h1-4,10,13,15-17,26H,5-9,25H2,(H,27,38)(H,28,36)(H,29,37)(H,30,31)(H,32,33)(H,34,35)(H,39,40). The fourth-order valence-electron chi connectivity index (χ4n) is 3.75. The second kappa shape index (κ2) is 14.2. The van der Waals surface area contributed by atoms with E-state index in [1.165, 1.54) is 0 Å². The maximum atomic E-state index is 13.0. The summed E-state index contributed by atoms with van der Waals surface area (Å²) < 4.78 is 0. The van der Waals surface area contributed by atoms with E-state index in [4.69, 9.17) is 21.1 Å². The molecule has 40 heavy (non-hydrogen) atoms. The molecule has 0 aliphatic rings. The zero-order chi connectivity index (χ0) is 30.0. The van der Waals surface area contributed by atoms with Crippen molar-refractivity contribution in [2.24, 2.45) is 5.73 Å². The van der Waals surface area contributed by atoms with E-state index in [0.29, 0.717) is 10.9 Å². The number of aromatic nitrogens is 1. The zero-order valence-corrected chi connectivity index (χ0v) is 21.0. The third-order valence-electron chi connectivity index (χ3n) is 5.74. The largest absolute Gasteiger partial charge is 0.481 e. The molecular formula is C24H29N5O11. The van der Waals surface area contributed by atoms with Gasteiger partial charge < -0.3 is 47.1 Å². The number of aliphatic carboxylic acids is 4. The van der Waals surface area contributed by atoms with Gasteiger partial charge in [-0.2, -0.15) is 0 Å². The van der Waals surface area contributed by atoms with Gasteiger partial charge in [-0.15, -0.1) is 0 Å². The average Bonchev–Trinajstić information content (AvgIpc) is 3.27. The maximum Gasteiger partial charge on any atom is 0.326 e. The predicted octanol–water partition coefficient (Wildman–Crippen LogP) is -1.61. The van der Waals surface area contributed by atoms with Crippen LogP contribution in [0.1, 0.15) is 31.2 Å². The first-order valence-electron chi connectivity index (χ1n) is 11.9. The lowest BCUT2D eigenvalue weighted by Crippen LogP contribution is -2.57. The summed E-state index contributed by atoms with van der Waals surface area (Å²) in [6.07, 6.45) is -1.52. The molecule has 0 radical (unpaired) electrons. The molecule has 1 aromatic carbocycles. The molecule has 2 aromatic rings. The van der Waals surface area contributed by atoms with Gasteiger partial charge >= 0.3 is 23.9 Å². The zero-order valence-electron chi connectivity index (χ0n) is 21.0. The third kappa shape index (κ3) is 9.39. The lowest BCUT2D eigenvalue weighted by molar-refractivity contribution is -0.144. The highest BCUT2D eigenvalue weighted by Crippen LogP contribution is 2.19. The van der Waals surface area contributed by atoms with Gasteiger partial charge in [0, 0.05) is 29.9 Å². The smallest absolute Gasteiger partial charge is 0.326 e. The average molecular weight is 564 g/mol. The number of nitrogens with two attached hydrogens (primary N) is 1. The van der Waals surface area contributed by atoms with Crippen LogP contribution in [-0.4, -0.2) is 91.2 Å². The number of para-hydroxylation sites is 1. The Bertz CT molecular complexity index is 1290. The Morgan fingerprint density at radius 1 is 0.750 bits per heavy atom. The highest BCUT2D eigenvalue weighted by molar-refractivity contribution is 5.96. The van der Waals surface area contributed by atoms with E-state index in [1.54, 1.807) is 30.5 Å². The molecule has 1 heterocycles. The van der Waals surface area contributed by atoms with Crippen molar-refractivity contribution in [3.8, 4) is 0 Å². The molecule has 4 unspecified atom stereocenters. The van der Waals surface area contributed by atoms with Crippen LogP contribution in [-0.2, 0) is 40.0 Å². The number of carbonyl (C=O) groups is 7. The Hall–Kier alpha value is -4.99. The molecule has 1 aromatic heterocycles. The van der Waals surface area contributed by atoms with Crippen molar-refractivity contribution in [2.45, 2.75) is 56.3 Å². The number of carboxylic acid groups (broad SMARTS) is 4. The number of benzene rings is 1. The van der Waals surface area contributed by atoms with E-state index in [0.717, 1.165) is 5.52 Å². The summed E-state index contributed by atoms with van der Waals surface area (Å²) in [7, 11) is 0. The van der Waals surface area contributed by atoms with Crippen molar-refractivity contribution < 1.29 is 54.0 Å². The second-order valence-corrected chi connectivity index (χ2v) is 8.82. The minimum atomic E-state index is -1.81. The number of aromatic amines is 1. The Morgan fingerprint density at radius 2 is 1.32 bits per heavy atom. The summed E-state index contributed by atoms with van der Waals surface area (Å²) in [4.78, 5) is 86.1. The van der Waals surface area contributed by atoms with E-state index in [-0.39, 0.29) is 6.42 Å². The van der Waals surface area contributed by atoms with Crippen molar-refractivity contribution in [1.29, 1.82) is 0 Å². The quantitative estimate of drug-likeness (QED) is 0.112. The summed E-state index contributed by atoms with van der Waals surface area (Å²) in [6.45, 7) is 0. The minimum Gasteiger partial charge on any atom is -0.481 e. The number of rotatable bonds is 16. The normalized spacial score (nSPS) is 13.8. The molecule has 2 rings (SSSR count). The summed E-state index contributed by atoms with van der Waals surface area (Å²) in [5.74, 6) is -9.14. The molecule has 216 valence electrons. The fourth-order valence-corrected chi connectivity index (χ4v) is 3.75. The molecule has 0 saturated carbocycles. The van der Waals surface area contributed by atoms with Crippen LogP contribution in [0.15, 0.2) is 30.5 Å². The Balaban J connectivity index is 2.21. The first kappa shape index (κ1) is 31.2. The van der Waals surface area contributed by atoms with Gasteiger partial charge in [0.15, 0.2) is 0 Å². The van der Waals surface area contributed by atoms with E-state index < -0.39 is 91.4 Å². The van der Waals surface area contributed by atoms with Crippen LogP contribution in [0.25, 0.3) is 10.9 Å². The van der Waals surface area contributed by atoms with E-state index in [1.807, 2.05) is 5.32 Å². The van der Waals surface area contributed by atoms with Crippen molar-refractivity contribution >= 4 is 52.5 Å². The first-order chi connectivity index (χ1) is 18.8. The molecular weight excluding hydrogens is 534 g/mol. The van der Waals surface area contributed by atoms with Crippen LogP contribution in [0.5, 0.6) is 0 Å². The Morgan fingerprint density at radius 3 is 1.93 bits per heavy atom. The van der Waals surface area contributed by atoms with Gasteiger partial charge in [0.2, 0.25) is 17.7 Å². The number of fused-ring (bicyclic) bond motifs is 1. The Labute approximate surface area is 225 Å². The van der Waals surface area contributed by atoms with Gasteiger partial charge in [-0.1, -0.05) is 18.2 Å². The summed E-state index contributed by atoms with van der Waals surface area (Å²) in [5, 5.41) is 43.8. The van der Waals surface area contributed by atoms with Crippen LogP contribution in [0.3, 0.4) is 0 Å². The lowest BCUT2D eigenvalue weighted by Gasteiger charge is -2.24. The Kier molecular flexibility index (Phi) is 11.1. The molecule has 0 aliphatic heterocycles. The van der Waals surface area contributed by atoms with E-state index in [9.17, 15) is 38.7 Å². The molecule has 16 nitrogen and oxygen atoms in total. The monoisotopic (exact) mass is 563 g/mol. The van der Waals surface area contributed by atoms with Gasteiger partial charge in [-0.25, -0.2) is 4.79 Å². The lowest BCUT2D eigenvalue weighted by atomic mass is 10.0. The van der Waals surface area contributed by atoms with Crippen LogP contribution in [0.2, 0.25) is 0 Å². The molecule has 0 spiro atoms.